The van der Waals surface area contributed by atoms with Crippen molar-refractivity contribution in [3.8, 4) is 5.69 Å². The molecule has 1 heterocycles. The molecule has 20 heavy (non-hydrogen) atoms. The molecule has 0 aliphatic rings. The third-order valence-corrected chi connectivity index (χ3v) is 3.47. The first-order chi connectivity index (χ1) is 9.63. The van der Waals surface area contributed by atoms with Crippen LogP contribution in [-0.2, 0) is 11.3 Å². The van der Waals surface area contributed by atoms with Crippen LogP contribution in [0.15, 0.2) is 24.3 Å². The zero-order valence-corrected chi connectivity index (χ0v) is 12.9. The normalized spacial score (nSPS) is 11.0. The van der Waals surface area contributed by atoms with Crippen molar-refractivity contribution >= 4 is 11.6 Å². The molecule has 108 valence electrons. The first kappa shape index (κ1) is 15.0. The highest BCUT2D eigenvalue weighted by atomic mass is 35.5. The van der Waals surface area contributed by atoms with Gasteiger partial charge in [0.05, 0.1) is 18.0 Å². The largest absolute Gasteiger partial charge is 0.383 e. The van der Waals surface area contributed by atoms with Crippen molar-refractivity contribution in [1.82, 2.24) is 15.1 Å². The molecule has 0 aliphatic heterocycles. The number of aromatic nitrogens is 2. The second-order valence-electron chi connectivity index (χ2n) is 4.75. The minimum absolute atomic E-state index is 0.680. The van der Waals surface area contributed by atoms with Crippen molar-refractivity contribution in [1.29, 1.82) is 0 Å². The van der Waals surface area contributed by atoms with Crippen LogP contribution in [0.4, 0.5) is 0 Å². The molecule has 0 spiro atoms. The van der Waals surface area contributed by atoms with Crippen LogP contribution in [0.25, 0.3) is 5.69 Å². The van der Waals surface area contributed by atoms with Gasteiger partial charge in [-0.2, -0.15) is 5.10 Å². The van der Waals surface area contributed by atoms with Gasteiger partial charge in [0.25, 0.3) is 0 Å². The topological polar surface area (TPSA) is 39.1 Å². The van der Waals surface area contributed by atoms with E-state index in [9.17, 15) is 0 Å². The predicted molar refractivity (Wildman–Crippen MR) is 81.6 cm³/mol. The highest BCUT2D eigenvalue weighted by Crippen LogP contribution is 2.24. The lowest BCUT2D eigenvalue weighted by Crippen LogP contribution is -2.20. The Morgan fingerprint density at radius 3 is 2.80 bits per heavy atom. The molecule has 0 saturated heterocycles. The van der Waals surface area contributed by atoms with Gasteiger partial charge in [0, 0.05) is 36.5 Å². The fourth-order valence-electron chi connectivity index (χ4n) is 2.18. The van der Waals surface area contributed by atoms with E-state index < -0.39 is 0 Å². The molecule has 2 aromatic rings. The van der Waals surface area contributed by atoms with E-state index in [0.717, 1.165) is 34.2 Å². The van der Waals surface area contributed by atoms with Gasteiger partial charge >= 0.3 is 0 Å². The Morgan fingerprint density at radius 1 is 1.35 bits per heavy atom. The van der Waals surface area contributed by atoms with Crippen molar-refractivity contribution in [2.75, 3.05) is 20.3 Å². The summed E-state index contributed by atoms with van der Waals surface area (Å²) in [6.07, 6.45) is 0. The molecule has 0 saturated carbocycles. The lowest BCUT2D eigenvalue weighted by atomic mass is 10.1. The van der Waals surface area contributed by atoms with Crippen LogP contribution in [0.2, 0.25) is 5.02 Å². The molecule has 0 unspecified atom stereocenters. The molecule has 1 aromatic heterocycles. The summed E-state index contributed by atoms with van der Waals surface area (Å²) < 4.78 is 6.97. The highest BCUT2D eigenvalue weighted by Gasteiger charge is 2.11. The Bertz CT molecular complexity index is 580. The lowest BCUT2D eigenvalue weighted by molar-refractivity contribution is 0.199. The maximum Gasteiger partial charge on any atom is 0.0708 e. The van der Waals surface area contributed by atoms with Gasteiger partial charge in [-0.15, -0.1) is 0 Å². The van der Waals surface area contributed by atoms with Crippen molar-refractivity contribution in [2.45, 2.75) is 20.4 Å². The predicted octanol–water partition coefficient (Wildman–Crippen LogP) is 2.88. The zero-order valence-electron chi connectivity index (χ0n) is 12.1. The van der Waals surface area contributed by atoms with E-state index in [0.29, 0.717) is 13.2 Å². The van der Waals surface area contributed by atoms with Gasteiger partial charge < -0.3 is 10.1 Å². The average Bonchev–Trinajstić information content (AvgIpc) is 2.75. The Labute approximate surface area is 124 Å². The number of nitrogens with zero attached hydrogens (tertiary/aromatic N) is 2. The van der Waals surface area contributed by atoms with E-state index >= 15 is 0 Å². The van der Waals surface area contributed by atoms with Crippen molar-refractivity contribution in [2.24, 2.45) is 0 Å². The van der Waals surface area contributed by atoms with Gasteiger partial charge in [0.15, 0.2) is 0 Å². The van der Waals surface area contributed by atoms with Gasteiger partial charge in [-0.05, 0) is 32.0 Å². The van der Waals surface area contributed by atoms with Crippen molar-refractivity contribution in [3.63, 3.8) is 0 Å². The summed E-state index contributed by atoms with van der Waals surface area (Å²) in [5.41, 5.74) is 4.17. The minimum Gasteiger partial charge on any atom is -0.383 e. The monoisotopic (exact) mass is 293 g/mol. The average molecular weight is 294 g/mol. The fraction of sp³-hybridized carbons (Fsp3) is 0.400. The zero-order chi connectivity index (χ0) is 14.5. The van der Waals surface area contributed by atoms with Gasteiger partial charge in [-0.1, -0.05) is 17.7 Å². The summed E-state index contributed by atoms with van der Waals surface area (Å²) in [5.74, 6) is 0. The number of hydrogen-bond donors (Lipinski definition) is 1. The summed E-state index contributed by atoms with van der Waals surface area (Å²) in [6, 6.07) is 7.96. The number of benzene rings is 1. The molecular formula is C15H20ClN3O. The Morgan fingerprint density at radius 2 is 2.15 bits per heavy atom. The van der Waals surface area contributed by atoms with E-state index in [4.69, 9.17) is 16.3 Å². The number of hydrogen-bond acceptors (Lipinski definition) is 3. The minimum atomic E-state index is 0.680. The number of halogens is 1. The van der Waals surface area contributed by atoms with Gasteiger partial charge in [0.2, 0.25) is 0 Å². The number of aryl methyl sites for hydroxylation is 2. The van der Waals surface area contributed by atoms with Crippen LogP contribution in [-0.4, -0.2) is 30.0 Å². The quantitative estimate of drug-likeness (QED) is 0.833. The third-order valence-electron chi connectivity index (χ3n) is 3.12. The third kappa shape index (κ3) is 3.39. The van der Waals surface area contributed by atoms with Crippen LogP contribution < -0.4 is 5.32 Å². The summed E-state index contributed by atoms with van der Waals surface area (Å²) in [6.45, 7) is 6.20. The molecule has 0 amide bonds. The molecule has 0 atom stereocenters. The van der Waals surface area contributed by atoms with Gasteiger partial charge in [0.1, 0.15) is 0 Å². The molecule has 4 nitrogen and oxygen atoms in total. The molecule has 1 aromatic carbocycles. The van der Waals surface area contributed by atoms with Gasteiger partial charge in [-0.25, -0.2) is 4.68 Å². The maximum absolute atomic E-state index is 6.34. The standard InChI is InChI=1S/C15H20ClN3O/c1-11-9-12(2)19(18-11)15-6-4-5-14(16)13(15)10-17-7-8-20-3/h4-6,9,17H,7-8,10H2,1-3H3. The Kier molecular flexibility index (Phi) is 5.17. The summed E-state index contributed by atoms with van der Waals surface area (Å²) in [5, 5.41) is 8.61. The van der Waals surface area contributed by atoms with Crippen molar-refractivity contribution in [3.05, 3.63) is 46.2 Å². The molecule has 0 radical (unpaired) electrons. The molecule has 1 N–H and O–H groups in total. The van der Waals surface area contributed by atoms with E-state index in [1.54, 1.807) is 7.11 Å². The van der Waals surface area contributed by atoms with Crippen LogP contribution in [0.5, 0.6) is 0 Å². The number of ether oxygens (including phenoxy) is 1. The molecule has 5 heteroatoms. The van der Waals surface area contributed by atoms with Crippen LogP contribution in [0, 0.1) is 13.8 Å². The van der Waals surface area contributed by atoms with E-state index in [1.165, 1.54) is 0 Å². The van der Waals surface area contributed by atoms with E-state index in [1.807, 2.05) is 36.7 Å². The number of rotatable bonds is 6. The molecule has 0 fully saturated rings. The maximum atomic E-state index is 6.34. The molecule has 0 aliphatic carbocycles. The highest BCUT2D eigenvalue weighted by molar-refractivity contribution is 6.31. The summed E-state index contributed by atoms with van der Waals surface area (Å²) in [4.78, 5) is 0. The van der Waals surface area contributed by atoms with Crippen LogP contribution in [0.3, 0.4) is 0 Å². The first-order valence-corrected chi connectivity index (χ1v) is 7.02. The first-order valence-electron chi connectivity index (χ1n) is 6.64. The van der Waals surface area contributed by atoms with E-state index in [2.05, 4.69) is 16.5 Å². The summed E-state index contributed by atoms with van der Waals surface area (Å²) in [7, 11) is 1.69. The molecular weight excluding hydrogens is 274 g/mol. The Balaban J connectivity index is 2.29. The SMILES string of the molecule is COCCNCc1c(Cl)cccc1-n1nc(C)cc1C. The smallest absolute Gasteiger partial charge is 0.0708 e. The van der Waals surface area contributed by atoms with E-state index in [-0.39, 0.29) is 0 Å². The number of methoxy groups -OCH3 is 1. The second-order valence-corrected chi connectivity index (χ2v) is 5.15. The summed E-state index contributed by atoms with van der Waals surface area (Å²) >= 11 is 6.34. The fourth-order valence-corrected chi connectivity index (χ4v) is 2.42. The van der Waals surface area contributed by atoms with Crippen LogP contribution >= 0.6 is 11.6 Å². The molecule has 0 bridgehead atoms. The molecule has 2 rings (SSSR count). The number of nitrogens with one attached hydrogen (secondary N) is 1. The van der Waals surface area contributed by atoms with Gasteiger partial charge in [-0.3, -0.25) is 0 Å². The van der Waals surface area contributed by atoms with Crippen LogP contribution in [0.1, 0.15) is 17.0 Å². The second kappa shape index (κ2) is 6.88. The Hall–Kier alpha value is -1.36. The lowest BCUT2D eigenvalue weighted by Gasteiger charge is -2.13. The van der Waals surface area contributed by atoms with Crippen molar-refractivity contribution < 1.29 is 4.74 Å².